The lowest BCUT2D eigenvalue weighted by Crippen LogP contribution is -2.17. The number of ketones is 1. The van der Waals surface area contributed by atoms with E-state index in [0.717, 1.165) is 6.42 Å². The first-order valence-electron chi connectivity index (χ1n) is 5.96. The topological polar surface area (TPSA) is 43.4 Å². The third kappa shape index (κ3) is 3.19. The molecule has 1 rings (SSSR count). The Labute approximate surface area is 96.9 Å². The standard InChI is InChI=1S/C13H20O3/c1-4-16-13(15)11-7-8-12(14)10(11)6-5-9(2)3/h6,9,11H,4-5,7-8H2,1-3H3/b10-6+. The Morgan fingerprint density at radius 3 is 2.81 bits per heavy atom. The van der Waals surface area contributed by atoms with Crippen LogP contribution in [0, 0.1) is 11.8 Å². The van der Waals surface area contributed by atoms with E-state index in [9.17, 15) is 9.59 Å². The molecule has 0 spiro atoms. The zero-order valence-corrected chi connectivity index (χ0v) is 10.3. The summed E-state index contributed by atoms with van der Waals surface area (Å²) in [4.78, 5) is 23.3. The number of hydrogen-bond donors (Lipinski definition) is 0. The summed E-state index contributed by atoms with van der Waals surface area (Å²) in [7, 11) is 0. The first-order valence-corrected chi connectivity index (χ1v) is 5.96. The number of esters is 1. The van der Waals surface area contributed by atoms with Gasteiger partial charge in [0, 0.05) is 12.0 Å². The molecule has 1 unspecified atom stereocenters. The Hall–Kier alpha value is -1.12. The Kier molecular flexibility index (Phi) is 4.71. The number of carbonyl (C=O) groups is 2. The van der Waals surface area contributed by atoms with Crippen LogP contribution in [0.15, 0.2) is 11.6 Å². The second-order valence-corrected chi connectivity index (χ2v) is 4.56. The van der Waals surface area contributed by atoms with Gasteiger partial charge in [0.25, 0.3) is 0 Å². The fraction of sp³-hybridized carbons (Fsp3) is 0.692. The van der Waals surface area contributed by atoms with Crippen LogP contribution < -0.4 is 0 Å². The minimum atomic E-state index is -0.314. The Morgan fingerprint density at radius 2 is 2.25 bits per heavy atom. The maximum Gasteiger partial charge on any atom is 0.313 e. The Bertz CT molecular complexity index is 302. The first-order chi connectivity index (χ1) is 7.56. The van der Waals surface area contributed by atoms with Crippen LogP contribution in [0.2, 0.25) is 0 Å². The van der Waals surface area contributed by atoms with Gasteiger partial charge >= 0.3 is 5.97 Å². The van der Waals surface area contributed by atoms with E-state index in [0.29, 0.717) is 30.9 Å². The molecule has 16 heavy (non-hydrogen) atoms. The minimum absolute atomic E-state index is 0.110. The van der Waals surface area contributed by atoms with Crippen molar-refractivity contribution < 1.29 is 14.3 Å². The number of allylic oxidation sites excluding steroid dienone is 1. The SMILES string of the molecule is CCOC(=O)C1CCC(=O)/C1=C/CC(C)C. The van der Waals surface area contributed by atoms with Gasteiger partial charge in [0.2, 0.25) is 0 Å². The van der Waals surface area contributed by atoms with E-state index in [1.807, 2.05) is 6.08 Å². The van der Waals surface area contributed by atoms with Crippen molar-refractivity contribution in [3.05, 3.63) is 11.6 Å². The van der Waals surface area contributed by atoms with Crippen molar-refractivity contribution in [2.75, 3.05) is 6.61 Å². The van der Waals surface area contributed by atoms with Gasteiger partial charge in [-0.3, -0.25) is 9.59 Å². The Morgan fingerprint density at radius 1 is 1.56 bits per heavy atom. The molecule has 0 amide bonds. The van der Waals surface area contributed by atoms with Gasteiger partial charge in [-0.15, -0.1) is 0 Å². The number of hydrogen-bond acceptors (Lipinski definition) is 3. The van der Waals surface area contributed by atoms with Crippen LogP contribution in [0.25, 0.3) is 0 Å². The van der Waals surface area contributed by atoms with E-state index in [1.165, 1.54) is 0 Å². The molecule has 3 nitrogen and oxygen atoms in total. The van der Waals surface area contributed by atoms with Crippen LogP contribution in [-0.4, -0.2) is 18.4 Å². The van der Waals surface area contributed by atoms with Crippen molar-refractivity contribution in [2.24, 2.45) is 11.8 Å². The zero-order valence-electron chi connectivity index (χ0n) is 10.3. The molecule has 0 radical (unpaired) electrons. The largest absolute Gasteiger partial charge is 0.466 e. The van der Waals surface area contributed by atoms with Crippen LogP contribution in [0.5, 0.6) is 0 Å². The molecular formula is C13H20O3. The highest BCUT2D eigenvalue weighted by Crippen LogP contribution is 2.30. The predicted molar refractivity (Wildman–Crippen MR) is 61.9 cm³/mol. The van der Waals surface area contributed by atoms with Crippen molar-refractivity contribution in [1.82, 2.24) is 0 Å². The van der Waals surface area contributed by atoms with Crippen molar-refractivity contribution in [3.63, 3.8) is 0 Å². The average Bonchev–Trinajstić information content (AvgIpc) is 2.57. The highest BCUT2D eigenvalue weighted by atomic mass is 16.5. The molecule has 1 fully saturated rings. The first kappa shape index (κ1) is 12.9. The molecule has 1 saturated carbocycles. The summed E-state index contributed by atoms with van der Waals surface area (Å²) in [6.45, 7) is 6.35. The quantitative estimate of drug-likeness (QED) is 0.544. The molecule has 0 aromatic carbocycles. The number of rotatable bonds is 4. The predicted octanol–water partition coefficient (Wildman–Crippen LogP) is 2.50. The van der Waals surface area contributed by atoms with E-state index in [-0.39, 0.29) is 17.7 Å². The second kappa shape index (κ2) is 5.83. The van der Waals surface area contributed by atoms with E-state index in [1.54, 1.807) is 6.92 Å². The number of ether oxygens (including phenoxy) is 1. The molecule has 90 valence electrons. The lowest BCUT2D eigenvalue weighted by molar-refractivity contribution is -0.146. The summed E-state index contributed by atoms with van der Waals surface area (Å²) in [5.74, 6) is 0.0528. The lowest BCUT2D eigenvalue weighted by atomic mass is 9.99. The maximum absolute atomic E-state index is 11.6. The van der Waals surface area contributed by atoms with Crippen LogP contribution in [0.1, 0.15) is 40.0 Å². The molecule has 0 bridgehead atoms. The summed E-state index contributed by atoms with van der Waals surface area (Å²) in [6, 6.07) is 0. The van der Waals surface area contributed by atoms with E-state index in [2.05, 4.69) is 13.8 Å². The normalized spacial score (nSPS) is 23.1. The smallest absolute Gasteiger partial charge is 0.313 e. The van der Waals surface area contributed by atoms with Crippen molar-refractivity contribution >= 4 is 11.8 Å². The third-order valence-corrected chi connectivity index (χ3v) is 2.74. The molecule has 0 aromatic heterocycles. The molecule has 1 atom stereocenters. The zero-order chi connectivity index (χ0) is 12.1. The number of Topliss-reactive ketones (excluding diaryl/α,β-unsaturated/α-hetero) is 1. The van der Waals surface area contributed by atoms with Gasteiger partial charge in [0.05, 0.1) is 12.5 Å². The second-order valence-electron chi connectivity index (χ2n) is 4.56. The fourth-order valence-electron chi connectivity index (χ4n) is 1.88. The van der Waals surface area contributed by atoms with Crippen LogP contribution in [0.3, 0.4) is 0 Å². The molecule has 0 aliphatic heterocycles. The Balaban J connectivity index is 2.73. The highest BCUT2D eigenvalue weighted by molar-refractivity contribution is 6.03. The average molecular weight is 224 g/mol. The van der Waals surface area contributed by atoms with Crippen LogP contribution >= 0.6 is 0 Å². The van der Waals surface area contributed by atoms with Gasteiger partial charge in [0.1, 0.15) is 0 Å². The minimum Gasteiger partial charge on any atom is -0.466 e. The molecule has 1 aliphatic carbocycles. The van der Waals surface area contributed by atoms with E-state index < -0.39 is 0 Å². The highest BCUT2D eigenvalue weighted by Gasteiger charge is 2.34. The lowest BCUT2D eigenvalue weighted by Gasteiger charge is -2.10. The van der Waals surface area contributed by atoms with E-state index in [4.69, 9.17) is 4.74 Å². The third-order valence-electron chi connectivity index (χ3n) is 2.74. The summed E-state index contributed by atoms with van der Waals surface area (Å²) in [6.07, 6.45) is 3.85. The summed E-state index contributed by atoms with van der Waals surface area (Å²) in [5.41, 5.74) is 0.673. The molecule has 0 aromatic rings. The van der Waals surface area contributed by atoms with Crippen LogP contribution in [-0.2, 0) is 14.3 Å². The van der Waals surface area contributed by atoms with E-state index >= 15 is 0 Å². The van der Waals surface area contributed by atoms with Gasteiger partial charge in [-0.2, -0.15) is 0 Å². The van der Waals surface area contributed by atoms with Gasteiger partial charge in [-0.1, -0.05) is 19.9 Å². The number of carbonyl (C=O) groups excluding carboxylic acids is 2. The van der Waals surface area contributed by atoms with Gasteiger partial charge < -0.3 is 4.74 Å². The molecule has 3 heteroatoms. The van der Waals surface area contributed by atoms with Gasteiger partial charge in [-0.05, 0) is 25.7 Å². The molecular weight excluding hydrogens is 204 g/mol. The molecule has 0 heterocycles. The molecule has 0 saturated heterocycles. The van der Waals surface area contributed by atoms with Crippen molar-refractivity contribution in [3.8, 4) is 0 Å². The van der Waals surface area contributed by atoms with Crippen LogP contribution in [0.4, 0.5) is 0 Å². The van der Waals surface area contributed by atoms with Gasteiger partial charge in [0.15, 0.2) is 5.78 Å². The molecule has 1 aliphatic rings. The monoisotopic (exact) mass is 224 g/mol. The summed E-state index contributed by atoms with van der Waals surface area (Å²) < 4.78 is 4.98. The molecule has 0 N–H and O–H groups in total. The van der Waals surface area contributed by atoms with Crippen molar-refractivity contribution in [2.45, 2.75) is 40.0 Å². The fourth-order valence-corrected chi connectivity index (χ4v) is 1.88. The van der Waals surface area contributed by atoms with Crippen molar-refractivity contribution in [1.29, 1.82) is 0 Å². The summed E-state index contributed by atoms with van der Waals surface area (Å²) >= 11 is 0. The maximum atomic E-state index is 11.6. The van der Waals surface area contributed by atoms with Gasteiger partial charge in [-0.25, -0.2) is 0 Å². The summed E-state index contributed by atoms with van der Waals surface area (Å²) in [5, 5.41) is 0.